The van der Waals surface area contributed by atoms with E-state index in [1.807, 2.05) is 23.5 Å². The first kappa shape index (κ1) is 30.2. The van der Waals surface area contributed by atoms with Gasteiger partial charge < -0.3 is 14.2 Å². The predicted octanol–water partition coefficient (Wildman–Crippen LogP) is 14.6. The molecule has 0 spiro atoms. The normalized spacial score (nSPS) is 11.5. The average Bonchev–Trinajstić information content (AvgIpc) is 3.77. The Bertz CT molecular complexity index is 2840. The summed E-state index contributed by atoms with van der Waals surface area (Å²) in [5.74, 6) is 0. The van der Waals surface area contributed by atoms with E-state index in [-0.39, 0.29) is 0 Å². The van der Waals surface area contributed by atoms with E-state index in [9.17, 15) is 0 Å². The van der Waals surface area contributed by atoms with Crippen molar-refractivity contribution < 1.29 is 4.42 Å². The van der Waals surface area contributed by atoms with Gasteiger partial charge in [0.15, 0.2) is 0 Å². The van der Waals surface area contributed by atoms with Crippen molar-refractivity contribution in [3.8, 4) is 11.1 Å². The van der Waals surface area contributed by atoms with Crippen LogP contribution in [0.1, 0.15) is 0 Å². The molecule has 0 saturated heterocycles. The van der Waals surface area contributed by atoms with Crippen molar-refractivity contribution in [3.63, 3.8) is 0 Å². The summed E-state index contributed by atoms with van der Waals surface area (Å²) in [7, 11) is 0. The lowest BCUT2D eigenvalue weighted by molar-refractivity contribution is 0.669. The highest BCUT2D eigenvalue weighted by molar-refractivity contribution is 7.25. The zero-order valence-electron chi connectivity index (χ0n) is 28.2. The molecule has 10 rings (SSSR count). The summed E-state index contributed by atoms with van der Waals surface area (Å²) in [5.41, 5.74) is 10.8. The highest BCUT2D eigenvalue weighted by Crippen LogP contribution is 2.44. The quantitative estimate of drug-likeness (QED) is 0.167. The second-order valence-electron chi connectivity index (χ2n) is 13.0. The topological polar surface area (TPSA) is 19.6 Å². The molecule has 0 aliphatic rings. The Hall–Kier alpha value is -6.62. The molecule has 8 aromatic carbocycles. The van der Waals surface area contributed by atoms with Crippen LogP contribution in [0.3, 0.4) is 0 Å². The molecule has 0 aliphatic heterocycles. The Morgan fingerprint density at radius 1 is 0.308 bits per heavy atom. The second-order valence-corrected chi connectivity index (χ2v) is 14.1. The molecule has 3 nitrogen and oxygen atoms in total. The summed E-state index contributed by atoms with van der Waals surface area (Å²) < 4.78 is 8.82. The molecule has 0 aliphatic carbocycles. The van der Waals surface area contributed by atoms with Gasteiger partial charge in [0, 0.05) is 71.1 Å². The zero-order chi connectivity index (χ0) is 34.4. The minimum atomic E-state index is 0.882. The number of hydrogen-bond donors (Lipinski definition) is 0. The number of fused-ring (bicyclic) bond motifs is 6. The van der Waals surface area contributed by atoms with E-state index in [2.05, 4.69) is 192 Å². The van der Waals surface area contributed by atoms with E-state index in [1.54, 1.807) is 0 Å². The van der Waals surface area contributed by atoms with Gasteiger partial charge in [0.25, 0.3) is 0 Å². The van der Waals surface area contributed by atoms with E-state index in [0.29, 0.717) is 0 Å². The second kappa shape index (κ2) is 12.6. The van der Waals surface area contributed by atoms with Crippen LogP contribution in [0.15, 0.2) is 199 Å². The van der Waals surface area contributed by atoms with Gasteiger partial charge in [-0.05, 0) is 96.1 Å². The van der Waals surface area contributed by atoms with E-state index < -0.39 is 0 Å². The van der Waals surface area contributed by atoms with Crippen molar-refractivity contribution in [1.82, 2.24) is 0 Å². The van der Waals surface area contributed by atoms with Crippen molar-refractivity contribution in [1.29, 1.82) is 0 Å². The van der Waals surface area contributed by atoms with Gasteiger partial charge in [-0.15, -0.1) is 11.3 Å². The van der Waals surface area contributed by atoms with Gasteiger partial charge in [0.2, 0.25) is 0 Å². The van der Waals surface area contributed by atoms with Crippen molar-refractivity contribution in [2.45, 2.75) is 0 Å². The number of benzene rings is 8. The summed E-state index contributed by atoms with van der Waals surface area (Å²) in [6, 6.07) is 69.1. The number of thiophene rings is 1. The summed E-state index contributed by atoms with van der Waals surface area (Å²) in [5, 5.41) is 4.76. The Morgan fingerprint density at radius 3 is 1.54 bits per heavy atom. The van der Waals surface area contributed by atoms with E-state index in [0.717, 1.165) is 56.1 Å². The molecule has 0 saturated carbocycles. The average molecular weight is 685 g/mol. The van der Waals surface area contributed by atoms with Crippen LogP contribution in [0.2, 0.25) is 0 Å². The number of rotatable bonds is 7. The lowest BCUT2D eigenvalue weighted by atomic mass is 10.0. The molecule has 0 N–H and O–H groups in total. The molecule has 10 aromatic rings. The summed E-state index contributed by atoms with van der Waals surface area (Å²) in [6.45, 7) is 0. The van der Waals surface area contributed by atoms with Crippen molar-refractivity contribution >= 4 is 87.6 Å². The summed E-state index contributed by atoms with van der Waals surface area (Å²) in [4.78, 5) is 4.66. The van der Waals surface area contributed by atoms with Gasteiger partial charge in [0.1, 0.15) is 11.2 Å². The molecule has 246 valence electrons. The van der Waals surface area contributed by atoms with Gasteiger partial charge in [-0.2, -0.15) is 0 Å². The third-order valence-corrected chi connectivity index (χ3v) is 11.0. The van der Waals surface area contributed by atoms with Crippen molar-refractivity contribution in [2.75, 3.05) is 9.80 Å². The van der Waals surface area contributed by atoms with E-state index >= 15 is 0 Å². The summed E-state index contributed by atoms with van der Waals surface area (Å²) >= 11 is 1.84. The first-order chi connectivity index (χ1) is 25.8. The molecule has 4 heteroatoms. The first-order valence-electron chi connectivity index (χ1n) is 17.5. The standard InChI is InChI=1S/C48H32N2OS/c1-4-12-33(13-5-1)34-20-22-37(23-21-34)49(35-14-6-2-7-15-35)38-26-29-47-44(30-38)43-28-25-40(32-48(43)52-47)50(36-16-8-3-9-17-36)39-24-27-42-41-18-10-11-19-45(41)51-46(42)31-39/h1-32H. The molecule has 2 aromatic heterocycles. The smallest absolute Gasteiger partial charge is 0.137 e. The number of nitrogens with zero attached hydrogens (tertiary/aromatic N) is 2. The van der Waals surface area contributed by atoms with Crippen LogP contribution in [0.4, 0.5) is 34.1 Å². The molecule has 0 bridgehead atoms. The Balaban J connectivity index is 1.07. The van der Waals surface area contributed by atoms with E-state index in [1.165, 1.54) is 31.3 Å². The monoisotopic (exact) mass is 684 g/mol. The maximum atomic E-state index is 6.32. The van der Waals surface area contributed by atoms with Crippen molar-refractivity contribution in [2.24, 2.45) is 0 Å². The van der Waals surface area contributed by atoms with E-state index in [4.69, 9.17) is 4.42 Å². The zero-order valence-corrected chi connectivity index (χ0v) is 29.0. The molecular formula is C48H32N2OS. The molecule has 0 radical (unpaired) electrons. The third-order valence-electron chi connectivity index (χ3n) is 9.84. The molecule has 0 atom stereocenters. The van der Waals surface area contributed by atoms with Gasteiger partial charge in [0.05, 0.1) is 0 Å². The van der Waals surface area contributed by atoms with Gasteiger partial charge in [-0.25, -0.2) is 0 Å². The van der Waals surface area contributed by atoms with Gasteiger partial charge in [-0.3, -0.25) is 0 Å². The SMILES string of the molecule is c1ccc(-c2ccc(N(c3ccccc3)c3ccc4sc5cc(N(c6ccccc6)c6ccc7c(c6)oc6ccccc67)ccc5c4c3)cc2)cc1. The Kier molecular flexibility index (Phi) is 7.33. The lowest BCUT2D eigenvalue weighted by Gasteiger charge is -2.26. The largest absolute Gasteiger partial charge is 0.456 e. The fourth-order valence-corrected chi connectivity index (χ4v) is 8.49. The van der Waals surface area contributed by atoms with Crippen LogP contribution in [-0.4, -0.2) is 0 Å². The van der Waals surface area contributed by atoms with Crippen LogP contribution in [-0.2, 0) is 0 Å². The minimum Gasteiger partial charge on any atom is -0.456 e. The van der Waals surface area contributed by atoms with Gasteiger partial charge >= 0.3 is 0 Å². The lowest BCUT2D eigenvalue weighted by Crippen LogP contribution is -2.09. The van der Waals surface area contributed by atoms with Crippen molar-refractivity contribution in [3.05, 3.63) is 194 Å². The van der Waals surface area contributed by atoms with Crippen LogP contribution >= 0.6 is 11.3 Å². The number of anilines is 6. The molecule has 0 fully saturated rings. The highest BCUT2D eigenvalue weighted by Gasteiger charge is 2.18. The number of furan rings is 1. The van der Waals surface area contributed by atoms with Crippen LogP contribution in [0, 0.1) is 0 Å². The number of hydrogen-bond acceptors (Lipinski definition) is 4. The van der Waals surface area contributed by atoms with Crippen LogP contribution in [0.25, 0.3) is 53.2 Å². The molecule has 0 unspecified atom stereocenters. The minimum absolute atomic E-state index is 0.882. The fourth-order valence-electron chi connectivity index (χ4n) is 7.37. The Labute approximate surface area is 305 Å². The van der Waals surface area contributed by atoms with Crippen LogP contribution < -0.4 is 9.80 Å². The molecule has 52 heavy (non-hydrogen) atoms. The van der Waals surface area contributed by atoms with Crippen LogP contribution in [0.5, 0.6) is 0 Å². The predicted molar refractivity (Wildman–Crippen MR) is 221 cm³/mol. The molecule has 0 amide bonds. The molecule has 2 heterocycles. The first-order valence-corrected chi connectivity index (χ1v) is 18.3. The molecular weight excluding hydrogens is 653 g/mol. The van der Waals surface area contributed by atoms with Gasteiger partial charge in [-0.1, -0.05) is 103 Å². The maximum absolute atomic E-state index is 6.32. The Morgan fingerprint density at radius 2 is 0.808 bits per heavy atom. The fraction of sp³-hybridized carbons (Fsp3) is 0. The number of para-hydroxylation sites is 3. The highest BCUT2D eigenvalue weighted by atomic mass is 32.1. The maximum Gasteiger partial charge on any atom is 0.137 e. The summed E-state index contributed by atoms with van der Waals surface area (Å²) in [6.07, 6.45) is 0. The third kappa shape index (κ3) is 5.29.